The molecule has 3 N–H and O–H groups in total. The average Bonchev–Trinajstić information content (AvgIpc) is 3.39. The van der Waals surface area contributed by atoms with Crippen molar-refractivity contribution in [3.8, 4) is 11.3 Å². The first-order valence-corrected chi connectivity index (χ1v) is 16.4. The van der Waals surface area contributed by atoms with Gasteiger partial charge in [0.2, 0.25) is 10.0 Å². The number of rotatable bonds is 11. The van der Waals surface area contributed by atoms with Gasteiger partial charge in [-0.15, -0.1) is 0 Å². The highest BCUT2D eigenvalue weighted by molar-refractivity contribution is 7.89. The van der Waals surface area contributed by atoms with Crippen molar-refractivity contribution in [1.82, 2.24) is 19.9 Å². The van der Waals surface area contributed by atoms with Gasteiger partial charge in [-0.25, -0.2) is 42.1 Å². The van der Waals surface area contributed by atoms with E-state index in [-0.39, 0.29) is 40.7 Å². The van der Waals surface area contributed by atoms with E-state index in [0.717, 1.165) is 22.5 Å². The standard InChI is InChI=1S/C31H27ClF2N6O3S2/c32-29-28(22-6-12-25(13-7-22)45(35,42)43)38-30(44-29)39-31(41)40(19-15-27-36-16-1-17-37-27)18-14-26(20-2-8-23(33)9-3-20)21-4-10-24(34)11-5-21/h1-13,16-17,26H,14-15,18-19H2,(H2,35,42,43)(H,38,39,41). The van der Waals surface area contributed by atoms with Crippen LogP contribution in [0.15, 0.2) is 96.2 Å². The van der Waals surface area contributed by atoms with Gasteiger partial charge < -0.3 is 4.90 Å². The molecule has 0 saturated carbocycles. The number of halogens is 3. The Morgan fingerprint density at radius 1 is 0.911 bits per heavy atom. The van der Waals surface area contributed by atoms with Crippen LogP contribution in [0.1, 0.15) is 29.3 Å². The lowest BCUT2D eigenvalue weighted by molar-refractivity contribution is 0.210. The molecule has 9 nitrogen and oxygen atoms in total. The number of urea groups is 1. The molecule has 0 saturated heterocycles. The van der Waals surface area contributed by atoms with Crippen LogP contribution < -0.4 is 10.5 Å². The minimum atomic E-state index is -3.86. The predicted octanol–water partition coefficient (Wildman–Crippen LogP) is 6.48. The molecule has 3 aromatic carbocycles. The zero-order valence-corrected chi connectivity index (χ0v) is 26.0. The van der Waals surface area contributed by atoms with Crippen LogP contribution in [0.3, 0.4) is 0 Å². The summed E-state index contributed by atoms with van der Waals surface area (Å²) in [6.07, 6.45) is 4.08. The number of anilines is 1. The van der Waals surface area contributed by atoms with Gasteiger partial charge in [0.25, 0.3) is 0 Å². The molecule has 5 rings (SSSR count). The number of sulfonamides is 1. The quantitative estimate of drug-likeness (QED) is 0.166. The molecular weight excluding hydrogens is 642 g/mol. The lowest BCUT2D eigenvalue weighted by atomic mass is 9.88. The molecule has 0 atom stereocenters. The number of nitrogens with zero attached hydrogens (tertiary/aromatic N) is 4. The van der Waals surface area contributed by atoms with E-state index >= 15 is 0 Å². The Hall–Kier alpha value is -4.30. The number of thiazole rings is 1. The lowest BCUT2D eigenvalue weighted by Gasteiger charge is -2.26. The normalized spacial score (nSPS) is 11.5. The van der Waals surface area contributed by atoms with E-state index in [1.54, 1.807) is 47.6 Å². The Labute approximate surface area is 267 Å². The molecule has 2 amide bonds. The van der Waals surface area contributed by atoms with E-state index in [4.69, 9.17) is 16.7 Å². The Bertz CT molecular complexity index is 1810. The first-order valence-electron chi connectivity index (χ1n) is 13.7. The molecule has 0 spiro atoms. The summed E-state index contributed by atoms with van der Waals surface area (Å²) in [5.41, 5.74) is 2.55. The number of carbonyl (C=O) groups excluding carboxylic acids is 1. The number of benzene rings is 3. The van der Waals surface area contributed by atoms with Crippen LogP contribution in [0.2, 0.25) is 4.34 Å². The topological polar surface area (TPSA) is 131 Å². The third-order valence-corrected chi connectivity index (χ3v) is 9.10. The second kappa shape index (κ2) is 14.2. The van der Waals surface area contributed by atoms with Crippen molar-refractivity contribution < 1.29 is 22.0 Å². The van der Waals surface area contributed by atoms with Gasteiger partial charge in [-0.3, -0.25) is 5.32 Å². The Kier molecular flexibility index (Phi) is 10.1. The van der Waals surface area contributed by atoms with Gasteiger partial charge in [-0.2, -0.15) is 0 Å². The number of amides is 2. The largest absolute Gasteiger partial charge is 0.324 e. The summed E-state index contributed by atoms with van der Waals surface area (Å²) in [5.74, 6) is -0.438. The van der Waals surface area contributed by atoms with E-state index in [1.807, 2.05) is 0 Å². The Morgan fingerprint density at radius 2 is 1.49 bits per heavy atom. The molecule has 0 aliphatic carbocycles. The zero-order chi connectivity index (χ0) is 32.0. The van der Waals surface area contributed by atoms with E-state index in [0.29, 0.717) is 34.3 Å². The number of nitrogens with two attached hydrogens (primary N) is 1. The number of nitrogens with one attached hydrogen (secondary N) is 1. The number of hydrogen-bond acceptors (Lipinski definition) is 7. The van der Waals surface area contributed by atoms with Crippen LogP contribution in [0.5, 0.6) is 0 Å². The van der Waals surface area contributed by atoms with Crippen molar-refractivity contribution >= 4 is 44.1 Å². The molecule has 0 bridgehead atoms. The van der Waals surface area contributed by atoms with Crippen molar-refractivity contribution in [2.75, 3.05) is 18.4 Å². The van der Waals surface area contributed by atoms with Crippen LogP contribution >= 0.6 is 22.9 Å². The minimum absolute atomic E-state index is 0.0521. The van der Waals surface area contributed by atoms with Crippen molar-refractivity contribution in [2.24, 2.45) is 5.14 Å². The van der Waals surface area contributed by atoms with Gasteiger partial charge >= 0.3 is 6.03 Å². The molecule has 14 heteroatoms. The van der Waals surface area contributed by atoms with Gasteiger partial charge in [0, 0.05) is 43.4 Å². The third kappa shape index (κ3) is 8.45. The van der Waals surface area contributed by atoms with Crippen LogP contribution in [-0.2, 0) is 16.4 Å². The number of primary sulfonamides is 1. The molecule has 0 aliphatic rings. The van der Waals surface area contributed by atoms with Crippen LogP contribution in [0.4, 0.5) is 18.7 Å². The summed E-state index contributed by atoms with van der Waals surface area (Å²) < 4.78 is 51.0. The fraction of sp³-hybridized carbons (Fsp3) is 0.161. The monoisotopic (exact) mass is 668 g/mol. The van der Waals surface area contributed by atoms with E-state index < -0.39 is 16.1 Å². The summed E-state index contributed by atoms with van der Waals surface area (Å²) in [6.45, 7) is 0.551. The summed E-state index contributed by atoms with van der Waals surface area (Å²) in [5, 5.41) is 8.25. The third-order valence-electron chi connectivity index (χ3n) is 7.00. The van der Waals surface area contributed by atoms with Crippen LogP contribution in [-0.4, -0.2) is 47.4 Å². The molecule has 0 unspecified atom stereocenters. The van der Waals surface area contributed by atoms with Gasteiger partial charge in [0.15, 0.2) is 5.13 Å². The SMILES string of the molecule is NS(=O)(=O)c1ccc(-c2nc(NC(=O)N(CCc3ncccn3)CCC(c3ccc(F)cc3)c3ccc(F)cc3)sc2Cl)cc1. The summed E-state index contributed by atoms with van der Waals surface area (Å²) >= 11 is 7.51. The first kappa shape index (κ1) is 32.1. The second-order valence-electron chi connectivity index (χ2n) is 9.99. The smallest absolute Gasteiger partial charge is 0.323 e. The maximum Gasteiger partial charge on any atom is 0.323 e. The molecule has 0 fully saturated rings. The predicted molar refractivity (Wildman–Crippen MR) is 170 cm³/mol. The van der Waals surface area contributed by atoms with E-state index in [1.165, 1.54) is 48.5 Å². The van der Waals surface area contributed by atoms with Gasteiger partial charge in [-0.1, -0.05) is 59.3 Å². The summed E-state index contributed by atoms with van der Waals surface area (Å²) in [4.78, 5) is 28.2. The summed E-state index contributed by atoms with van der Waals surface area (Å²) in [7, 11) is -3.86. The van der Waals surface area contributed by atoms with Crippen molar-refractivity contribution in [2.45, 2.75) is 23.7 Å². The van der Waals surface area contributed by atoms with Crippen molar-refractivity contribution in [3.05, 3.63) is 124 Å². The molecule has 232 valence electrons. The number of hydrogen-bond donors (Lipinski definition) is 2. The highest BCUT2D eigenvalue weighted by Gasteiger charge is 2.22. The molecule has 2 aromatic heterocycles. The van der Waals surface area contributed by atoms with Crippen LogP contribution in [0, 0.1) is 11.6 Å². The summed E-state index contributed by atoms with van der Waals surface area (Å²) in [6, 6.07) is 19.2. The highest BCUT2D eigenvalue weighted by atomic mass is 35.5. The Morgan fingerprint density at radius 3 is 2.04 bits per heavy atom. The molecular formula is C31H27ClF2N6O3S2. The Balaban J connectivity index is 1.37. The zero-order valence-electron chi connectivity index (χ0n) is 23.6. The molecule has 0 aliphatic heterocycles. The second-order valence-corrected chi connectivity index (χ2v) is 13.1. The van der Waals surface area contributed by atoms with E-state index in [2.05, 4.69) is 20.3 Å². The fourth-order valence-electron chi connectivity index (χ4n) is 4.72. The lowest BCUT2D eigenvalue weighted by Crippen LogP contribution is -2.38. The highest BCUT2D eigenvalue weighted by Crippen LogP contribution is 2.36. The van der Waals surface area contributed by atoms with Crippen molar-refractivity contribution in [1.29, 1.82) is 0 Å². The maximum absolute atomic E-state index is 13.7. The molecule has 45 heavy (non-hydrogen) atoms. The van der Waals surface area contributed by atoms with Gasteiger partial charge in [0.1, 0.15) is 27.5 Å². The average molecular weight is 669 g/mol. The van der Waals surface area contributed by atoms with Crippen molar-refractivity contribution in [3.63, 3.8) is 0 Å². The minimum Gasteiger partial charge on any atom is -0.324 e. The molecule has 0 radical (unpaired) electrons. The van der Waals surface area contributed by atoms with Crippen LogP contribution in [0.25, 0.3) is 11.3 Å². The fourth-order valence-corrected chi connectivity index (χ4v) is 6.31. The molecule has 2 heterocycles. The molecule has 5 aromatic rings. The van der Waals surface area contributed by atoms with E-state index in [9.17, 15) is 22.0 Å². The maximum atomic E-state index is 13.7. The van der Waals surface area contributed by atoms with Gasteiger partial charge in [0.05, 0.1) is 4.90 Å². The van der Waals surface area contributed by atoms with Gasteiger partial charge in [-0.05, 0) is 60.0 Å². The number of carbonyl (C=O) groups is 1. The first-order chi connectivity index (χ1) is 21.6. The number of aromatic nitrogens is 3.